The number of rotatable bonds is 4. The molecule has 2 rings (SSSR count). The third-order valence-corrected chi connectivity index (χ3v) is 5.00. The monoisotopic (exact) mass is 343 g/mol. The fraction of sp³-hybridized carbons (Fsp3) is 0.533. The van der Waals surface area contributed by atoms with E-state index < -0.39 is 0 Å². The standard InChI is InChI=1S/C15H19BrClNO/c16-14-8-4-3-7-13(14)15(19)18-10-12-6-2-1-5-11(12)9-17/h3-4,7-8,11-12H,1-2,5-6,9-10H2,(H,18,19). The van der Waals surface area contributed by atoms with Gasteiger partial charge in [0.25, 0.3) is 5.91 Å². The van der Waals surface area contributed by atoms with Gasteiger partial charge in [-0.1, -0.05) is 25.0 Å². The molecule has 0 spiro atoms. The first-order valence-corrected chi connectivity index (χ1v) is 8.14. The number of halogens is 2. The molecule has 0 aromatic heterocycles. The molecule has 1 aliphatic rings. The van der Waals surface area contributed by atoms with Gasteiger partial charge in [-0.15, -0.1) is 11.6 Å². The summed E-state index contributed by atoms with van der Waals surface area (Å²) in [6.07, 6.45) is 4.89. The molecule has 1 N–H and O–H groups in total. The molecule has 0 bridgehead atoms. The van der Waals surface area contributed by atoms with Gasteiger partial charge in [-0.2, -0.15) is 0 Å². The largest absolute Gasteiger partial charge is 0.352 e. The van der Waals surface area contributed by atoms with Crippen LogP contribution in [-0.2, 0) is 0 Å². The molecule has 1 aromatic rings. The first-order valence-electron chi connectivity index (χ1n) is 6.81. The molecule has 0 heterocycles. The van der Waals surface area contributed by atoms with E-state index in [9.17, 15) is 4.79 Å². The van der Waals surface area contributed by atoms with Crippen LogP contribution in [0.25, 0.3) is 0 Å². The second-order valence-corrected chi connectivity index (χ2v) is 6.31. The van der Waals surface area contributed by atoms with E-state index in [1.807, 2.05) is 24.3 Å². The van der Waals surface area contributed by atoms with Crippen LogP contribution in [0.5, 0.6) is 0 Å². The number of alkyl halides is 1. The predicted molar refractivity (Wildman–Crippen MR) is 82.6 cm³/mol. The molecule has 1 aliphatic carbocycles. The molecule has 1 amide bonds. The Balaban J connectivity index is 1.91. The maximum atomic E-state index is 12.1. The average molecular weight is 345 g/mol. The zero-order valence-corrected chi connectivity index (χ0v) is 13.2. The lowest BCUT2D eigenvalue weighted by Gasteiger charge is -2.30. The van der Waals surface area contributed by atoms with E-state index in [0.717, 1.165) is 11.0 Å². The van der Waals surface area contributed by atoms with Crippen LogP contribution in [0, 0.1) is 11.8 Å². The van der Waals surface area contributed by atoms with Crippen LogP contribution in [0.3, 0.4) is 0 Å². The highest BCUT2D eigenvalue weighted by molar-refractivity contribution is 9.10. The van der Waals surface area contributed by atoms with Crippen molar-refractivity contribution in [3.05, 3.63) is 34.3 Å². The molecular weight excluding hydrogens is 326 g/mol. The zero-order valence-electron chi connectivity index (χ0n) is 10.9. The fourth-order valence-electron chi connectivity index (χ4n) is 2.72. The molecule has 2 unspecified atom stereocenters. The quantitative estimate of drug-likeness (QED) is 0.814. The van der Waals surface area contributed by atoms with Gasteiger partial charge in [-0.25, -0.2) is 0 Å². The highest BCUT2D eigenvalue weighted by Crippen LogP contribution is 2.30. The van der Waals surface area contributed by atoms with E-state index >= 15 is 0 Å². The molecule has 104 valence electrons. The van der Waals surface area contributed by atoms with Gasteiger partial charge in [-0.3, -0.25) is 4.79 Å². The maximum absolute atomic E-state index is 12.1. The molecule has 0 radical (unpaired) electrons. The molecule has 1 saturated carbocycles. The molecule has 4 heteroatoms. The van der Waals surface area contributed by atoms with E-state index in [4.69, 9.17) is 11.6 Å². The topological polar surface area (TPSA) is 29.1 Å². The smallest absolute Gasteiger partial charge is 0.252 e. The molecule has 1 fully saturated rings. The van der Waals surface area contributed by atoms with Crippen molar-refractivity contribution in [3.8, 4) is 0 Å². The van der Waals surface area contributed by atoms with Gasteiger partial charge in [0.1, 0.15) is 0 Å². The predicted octanol–water partition coefficient (Wildman–Crippen LogP) is 4.22. The molecule has 1 aromatic carbocycles. The minimum absolute atomic E-state index is 0.00799. The second kappa shape index (κ2) is 7.30. The van der Waals surface area contributed by atoms with Crippen molar-refractivity contribution >= 4 is 33.4 Å². The third kappa shape index (κ3) is 3.96. The normalized spacial score (nSPS) is 23.1. The Hall–Kier alpha value is -0.540. The summed E-state index contributed by atoms with van der Waals surface area (Å²) in [4.78, 5) is 12.1. The second-order valence-electron chi connectivity index (χ2n) is 5.15. The minimum Gasteiger partial charge on any atom is -0.352 e. The number of hydrogen-bond donors (Lipinski definition) is 1. The lowest BCUT2D eigenvalue weighted by atomic mass is 9.80. The third-order valence-electron chi connectivity index (χ3n) is 3.91. The van der Waals surface area contributed by atoms with Crippen molar-refractivity contribution in [3.63, 3.8) is 0 Å². The lowest BCUT2D eigenvalue weighted by molar-refractivity contribution is 0.0936. The van der Waals surface area contributed by atoms with Gasteiger partial charge in [0, 0.05) is 16.9 Å². The Morgan fingerprint density at radius 3 is 2.63 bits per heavy atom. The lowest BCUT2D eigenvalue weighted by Crippen LogP contribution is -2.35. The van der Waals surface area contributed by atoms with Gasteiger partial charge < -0.3 is 5.32 Å². The fourth-order valence-corrected chi connectivity index (χ4v) is 3.59. The Morgan fingerprint density at radius 1 is 1.26 bits per heavy atom. The van der Waals surface area contributed by atoms with Crippen molar-refractivity contribution in [2.75, 3.05) is 12.4 Å². The van der Waals surface area contributed by atoms with Gasteiger partial charge in [-0.05, 0) is 52.7 Å². The summed E-state index contributed by atoms with van der Waals surface area (Å²) >= 11 is 9.42. The Bertz CT molecular complexity index is 438. The molecular formula is C15H19BrClNO. The van der Waals surface area contributed by atoms with Crippen LogP contribution < -0.4 is 5.32 Å². The molecule has 2 atom stereocenters. The van der Waals surface area contributed by atoms with Gasteiger partial charge in [0.2, 0.25) is 0 Å². The van der Waals surface area contributed by atoms with Crippen molar-refractivity contribution in [2.24, 2.45) is 11.8 Å². The summed E-state index contributed by atoms with van der Waals surface area (Å²) in [6, 6.07) is 7.50. The first kappa shape index (κ1) is 14.9. The summed E-state index contributed by atoms with van der Waals surface area (Å²) in [6.45, 7) is 0.734. The van der Waals surface area contributed by atoms with Crippen molar-refractivity contribution in [2.45, 2.75) is 25.7 Å². The van der Waals surface area contributed by atoms with Crippen molar-refractivity contribution in [1.29, 1.82) is 0 Å². The number of nitrogens with one attached hydrogen (secondary N) is 1. The Kier molecular flexibility index (Phi) is 5.71. The van der Waals surface area contributed by atoms with E-state index in [-0.39, 0.29) is 5.91 Å². The average Bonchev–Trinajstić information content (AvgIpc) is 2.45. The molecule has 19 heavy (non-hydrogen) atoms. The summed E-state index contributed by atoms with van der Waals surface area (Å²) in [5, 5.41) is 3.05. The number of carbonyl (C=O) groups excluding carboxylic acids is 1. The van der Waals surface area contributed by atoms with Crippen molar-refractivity contribution in [1.82, 2.24) is 5.32 Å². The maximum Gasteiger partial charge on any atom is 0.252 e. The number of hydrogen-bond acceptors (Lipinski definition) is 1. The van der Waals surface area contributed by atoms with Crippen molar-refractivity contribution < 1.29 is 4.79 Å². The SMILES string of the molecule is O=C(NCC1CCCCC1CCl)c1ccccc1Br. The van der Waals surface area contributed by atoms with Crippen LogP contribution in [0.1, 0.15) is 36.0 Å². The molecule has 0 saturated heterocycles. The minimum atomic E-state index is -0.00799. The summed E-state index contributed by atoms with van der Waals surface area (Å²) in [5.74, 6) is 1.77. The number of benzene rings is 1. The van der Waals surface area contributed by atoms with Crippen LogP contribution >= 0.6 is 27.5 Å². The van der Waals surface area contributed by atoms with E-state index in [1.54, 1.807) is 0 Å². The summed E-state index contributed by atoms with van der Waals surface area (Å²) in [7, 11) is 0. The molecule has 2 nitrogen and oxygen atoms in total. The van der Waals surface area contributed by atoms with Crippen LogP contribution in [0.2, 0.25) is 0 Å². The van der Waals surface area contributed by atoms with E-state index in [2.05, 4.69) is 21.2 Å². The molecule has 0 aliphatic heterocycles. The Labute approximate surface area is 128 Å². The van der Waals surface area contributed by atoms with Gasteiger partial charge >= 0.3 is 0 Å². The van der Waals surface area contributed by atoms with Crippen LogP contribution in [-0.4, -0.2) is 18.3 Å². The number of carbonyl (C=O) groups is 1. The zero-order chi connectivity index (χ0) is 13.7. The van der Waals surface area contributed by atoms with Crippen LogP contribution in [0.15, 0.2) is 28.7 Å². The first-order chi connectivity index (χ1) is 9.22. The highest BCUT2D eigenvalue weighted by Gasteiger charge is 2.24. The highest BCUT2D eigenvalue weighted by atomic mass is 79.9. The number of amides is 1. The van der Waals surface area contributed by atoms with Gasteiger partial charge in [0.05, 0.1) is 5.56 Å². The summed E-state index contributed by atoms with van der Waals surface area (Å²) in [5.41, 5.74) is 0.695. The van der Waals surface area contributed by atoms with E-state index in [0.29, 0.717) is 23.3 Å². The van der Waals surface area contributed by atoms with E-state index in [1.165, 1.54) is 25.7 Å². The summed E-state index contributed by atoms with van der Waals surface area (Å²) < 4.78 is 0.838. The van der Waals surface area contributed by atoms with Crippen LogP contribution in [0.4, 0.5) is 0 Å². The Morgan fingerprint density at radius 2 is 1.95 bits per heavy atom. The van der Waals surface area contributed by atoms with Gasteiger partial charge in [0.15, 0.2) is 0 Å².